The van der Waals surface area contributed by atoms with Crippen molar-refractivity contribution in [2.24, 2.45) is 0 Å². The van der Waals surface area contributed by atoms with Crippen LogP contribution in [0.5, 0.6) is 0 Å². The van der Waals surface area contributed by atoms with E-state index in [9.17, 15) is 0 Å². The summed E-state index contributed by atoms with van der Waals surface area (Å²) in [4.78, 5) is 0. The fourth-order valence-electron chi connectivity index (χ4n) is 2.36. The second kappa shape index (κ2) is 3.21. The molecule has 1 aromatic carbocycles. The van der Waals surface area contributed by atoms with E-state index in [-0.39, 0.29) is 5.54 Å². The second-order valence-electron chi connectivity index (χ2n) is 5.06. The van der Waals surface area contributed by atoms with Crippen LogP contribution in [0.3, 0.4) is 0 Å². The lowest BCUT2D eigenvalue weighted by Crippen LogP contribution is -2.45. The summed E-state index contributed by atoms with van der Waals surface area (Å²) >= 11 is 0. The third-order valence-corrected chi connectivity index (χ3v) is 3.33. The summed E-state index contributed by atoms with van der Waals surface area (Å²) in [5.41, 5.74) is 5.20. The third-order valence-electron chi connectivity index (χ3n) is 3.33. The number of rotatable bonds is 0. The minimum absolute atomic E-state index is 0.00166. The molecule has 0 saturated heterocycles. The van der Waals surface area contributed by atoms with Crippen molar-refractivity contribution in [1.29, 1.82) is 0 Å². The third kappa shape index (κ3) is 1.61. The van der Waals surface area contributed by atoms with Gasteiger partial charge in [0.15, 0.2) is 0 Å². The molecule has 2 rings (SSSR count). The van der Waals surface area contributed by atoms with Gasteiger partial charge in [-0.15, -0.1) is 0 Å². The predicted octanol–water partition coefficient (Wildman–Crippen LogP) is 3.45. The van der Waals surface area contributed by atoms with Crippen molar-refractivity contribution in [2.45, 2.75) is 39.3 Å². The Balaban J connectivity index is 2.59. The van der Waals surface area contributed by atoms with Crippen LogP contribution in [0, 0.1) is 6.92 Å². The molecule has 1 nitrogen and oxygen atoms in total. The summed E-state index contributed by atoms with van der Waals surface area (Å²) in [6.07, 6.45) is 0. The maximum Gasteiger partial charge on any atom is 0.0382 e. The average Bonchev–Trinajstić information content (AvgIpc) is 2.14. The molecule has 15 heavy (non-hydrogen) atoms. The zero-order chi connectivity index (χ0) is 11.2. The van der Waals surface area contributed by atoms with Gasteiger partial charge in [-0.2, -0.15) is 0 Å². The Morgan fingerprint density at radius 1 is 1.33 bits per heavy atom. The van der Waals surface area contributed by atoms with Gasteiger partial charge in [0, 0.05) is 11.6 Å². The van der Waals surface area contributed by atoms with Crippen LogP contribution in [0.1, 0.15) is 43.5 Å². The van der Waals surface area contributed by atoms with E-state index in [0.29, 0.717) is 6.04 Å². The van der Waals surface area contributed by atoms with Gasteiger partial charge < -0.3 is 5.32 Å². The molecule has 0 saturated carbocycles. The van der Waals surface area contributed by atoms with E-state index in [4.69, 9.17) is 0 Å². The number of benzene rings is 1. The highest BCUT2D eigenvalue weighted by Gasteiger charge is 2.32. The fraction of sp³-hybridized carbons (Fsp3) is 0.429. The molecule has 0 aliphatic carbocycles. The van der Waals surface area contributed by atoms with E-state index in [0.717, 1.165) is 0 Å². The molecule has 1 atom stereocenters. The van der Waals surface area contributed by atoms with Gasteiger partial charge in [-0.05, 0) is 44.4 Å². The molecule has 1 aliphatic heterocycles. The summed E-state index contributed by atoms with van der Waals surface area (Å²) in [5.74, 6) is 0. The van der Waals surface area contributed by atoms with Gasteiger partial charge in [0.25, 0.3) is 0 Å². The average molecular weight is 201 g/mol. The Kier molecular flexibility index (Phi) is 2.23. The summed E-state index contributed by atoms with van der Waals surface area (Å²) in [6, 6.07) is 7.03. The number of nitrogens with one attached hydrogen (secondary N) is 1. The van der Waals surface area contributed by atoms with Gasteiger partial charge in [-0.3, -0.25) is 0 Å². The maximum atomic E-state index is 4.21. The smallest absolute Gasteiger partial charge is 0.0382 e. The predicted molar refractivity (Wildman–Crippen MR) is 65.8 cm³/mol. The minimum Gasteiger partial charge on any atom is -0.301 e. The van der Waals surface area contributed by atoms with Crippen molar-refractivity contribution in [1.82, 2.24) is 5.32 Å². The molecule has 1 aliphatic rings. The Morgan fingerprint density at radius 2 is 2.00 bits per heavy atom. The van der Waals surface area contributed by atoms with E-state index in [1.54, 1.807) is 0 Å². The molecule has 0 fully saturated rings. The number of aryl methyl sites for hydroxylation is 1. The van der Waals surface area contributed by atoms with Crippen molar-refractivity contribution in [3.05, 3.63) is 41.5 Å². The molecule has 1 aromatic rings. The van der Waals surface area contributed by atoms with Crippen molar-refractivity contribution in [3.8, 4) is 0 Å². The zero-order valence-electron chi connectivity index (χ0n) is 10.0. The van der Waals surface area contributed by atoms with Crippen molar-refractivity contribution in [2.75, 3.05) is 0 Å². The van der Waals surface area contributed by atoms with Crippen LogP contribution in [-0.4, -0.2) is 5.54 Å². The summed E-state index contributed by atoms with van der Waals surface area (Å²) in [6.45, 7) is 12.9. The van der Waals surface area contributed by atoms with E-state index in [2.05, 4.69) is 57.8 Å². The second-order valence-corrected chi connectivity index (χ2v) is 5.06. The standard InChI is InChI=1S/C14H19N/c1-9-6-7-12-10(2)14(4,5)15-11(3)13(12)8-9/h6-8,11,15H,2H2,1,3-5H3. The lowest BCUT2D eigenvalue weighted by molar-refractivity contribution is 0.415. The quantitative estimate of drug-likeness (QED) is 0.678. The summed E-state index contributed by atoms with van der Waals surface area (Å²) < 4.78 is 0. The molecule has 0 aromatic heterocycles. The van der Waals surface area contributed by atoms with E-state index in [1.807, 2.05) is 0 Å². The van der Waals surface area contributed by atoms with Gasteiger partial charge in [0.1, 0.15) is 0 Å². The molecule has 1 N–H and O–H groups in total. The van der Waals surface area contributed by atoms with Gasteiger partial charge in [0.2, 0.25) is 0 Å². The molecular weight excluding hydrogens is 182 g/mol. The Labute approximate surface area is 92.2 Å². The van der Waals surface area contributed by atoms with E-state index in [1.165, 1.54) is 22.3 Å². The number of fused-ring (bicyclic) bond motifs is 1. The first-order valence-electron chi connectivity index (χ1n) is 5.50. The Hall–Kier alpha value is -1.08. The molecule has 1 heterocycles. The van der Waals surface area contributed by atoms with Gasteiger partial charge >= 0.3 is 0 Å². The van der Waals surface area contributed by atoms with Crippen LogP contribution < -0.4 is 5.32 Å². The Bertz CT molecular complexity index is 415. The Morgan fingerprint density at radius 3 is 2.67 bits per heavy atom. The normalized spacial score (nSPS) is 23.7. The first-order valence-corrected chi connectivity index (χ1v) is 5.50. The first-order chi connectivity index (χ1) is 6.92. The lowest BCUT2D eigenvalue weighted by Gasteiger charge is -2.39. The van der Waals surface area contributed by atoms with Crippen molar-refractivity contribution < 1.29 is 0 Å². The van der Waals surface area contributed by atoms with Crippen molar-refractivity contribution in [3.63, 3.8) is 0 Å². The van der Waals surface area contributed by atoms with Crippen molar-refractivity contribution >= 4 is 5.57 Å². The molecule has 0 spiro atoms. The van der Waals surface area contributed by atoms with Crippen LogP contribution in [0.2, 0.25) is 0 Å². The topological polar surface area (TPSA) is 12.0 Å². The van der Waals surface area contributed by atoms with Gasteiger partial charge in [-0.25, -0.2) is 0 Å². The highest BCUT2D eigenvalue weighted by molar-refractivity contribution is 5.75. The highest BCUT2D eigenvalue weighted by atomic mass is 15.0. The molecule has 0 radical (unpaired) electrons. The van der Waals surface area contributed by atoms with Crippen LogP contribution in [0.15, 0.2) is 24.8 Å². The van der Waals surface area contributed by atoms with Crippen LogP contribution in [0.4, 0.5) is 0 Å². The SMILES string of the molecule is C=C1c2ccc(C)cc2C(C)NC1(C)C. The van der Waals surface area contributed by atoms with E-state index < -0.39 is 0 Å². The fourth-order valence-corrected chi connectivity index (χ4v) is 2.36. The first kappa shape index (κ1) is 10.4. The number of hydrogen-bond donors (Lipinski definition) is 1. The summed E-state index contributed by atoms with van der Waals surface area (Å²) in [5, 5.41) is 3.59. The molecule has 0 amide bonds. The van der Waals surface area contributed by atoms with E-state index >= 15 is 0 Å². The molecule has 80 valence electrons. The molecule has 0 bridgehead atoms. The minimum atomic E-state index is 0.00166. The van der Waals surface area contributed by atoms with Gasteiger partial charge in [0.05, 0.1) is 0 Å². The zero-order valence-corrected chi connectivity index (χ0v) is 10.0. The summed E-state index contributed by atoms with van der Waals surface area (Å²) in [7, 11) is 0. The largest absolute Gasteiger partial charge is 0.301 e. The number of hydrogen-bond acceptors (Lipinski definition) is 1. The molecular formula is C14H19N. The molecule has 1 unspecified atom stereocenters. The van der Waals surface area contributed by atoms with Crippen LogP contribution in [-0.2, 0) is 0 Å². The van der Waals surface area contributed by atoms with Gasteiger partial charge in [-0.1, -0.05) is 30.3 Å². The lowest BCUT2D eigenvalue weighted by atomic mass is 9.80. The highest BCUT2D eigenvalue weighted by Crippen LogP contribution is 2.37. The van der Waals surface area contributed by atoms with Crippen LogP contribution >= 0.6 is 0 Å². The maximum absolute atomic E-state index is 4.21. The monoisotopic (exact) mass is 201 g/mol. The molecule has 1 heteroatoms. The van der Waals surface area contributed by atoms with Crippen LogP contribution in [0.25, 0.3) is 5.57 Å².